The number of aromatic amines is 1. The fourth-order valence-corrected chi connectivity index (χ4v) is 1.98. The van der Waals surface area contributed by atoms with Crippen molar-refractivity contribution in [3.8, 4) is 0 Å². The molecule has 0 bridgehead atoms. The molecular weight excluding hydrogens is 218 g/mol. The number of piperazine rings is 1. The topological polar surface area (TPSA) is 78.2 Å². The Hall–Kier alpha value is -1.40. The van der Waals surface area contributed by atoms with Crippen LogP contribution in [0.5, 0.6) is 0 Å². The highest BCUT2D eigenvalue weighted by molar-refractivity contribution is 5.39. The maximum atomic E-state index is 11.4. The zero-order valence-corrected chi connectivity index (χ0v) is 10.1. The molecule has 0 atom stereocenters. The molecule has 1 aromatic heterocycles. The molecule has 2 rings (SSSR count). The molecule has 6 nitrogen and oxygen atoms in total. The van der Waals surface area contributed by atoms with Gasteiger partial charge in [0.1, 0.15) is 5.82 Å². The Morgan fingerprint density at radius 1 is 1.41 bits per heavy atom. The molecule has 0 radical (unpaired) electrons. The van der Waals surface area contributed by atoms with Crippen LogP contribution in [-0.2, 0) is 6.42 Å². The van der Waals surface area contributed by atoms with E-state index in [9.17, 15) is 4.79 Å². The van der Waals surface area contributed by atoms with Crippen molar-refractivity contribution in [2.75, 3.05) is 44.7 Å². The lowest BCUT2D eigenvalue weighted by molar-refractivity contribution is 0.312. The average molecular weight is 237 g/mol. The molecule has 1 saturated heterocycles. The van der Waals surface area contributed by atoms with Gasteiger partial charge in [0.25, 0.3) is 0 Å². The lowest BCUT2D eigenvalue weighted by atomic mass is 10.2. The predicted octanol–water partition coefficient (Wildman–Crippen LogP) is -0.977. The maximum absolute atomic E-state index is 11.4. The van der Waals surface area contributed by atoms with Crippen LogP contribution in [0.2, 0.25) is 0 Å². The van der Waals surface area contributed by atoms with Crippen LogP contribution in [0.15, 0.2) is 10.9 Å². The molecule has 1 fully saturated rings. The van der Waals surface area contributed by atoms with E-state index in [1.807, 2.05) is 6.07 Å². The second-order valence-corrected chi connectivity index (χ2v) is 4.40. The van der Waals surface area contributed by atoms with Gasteiger partial charge in [-0.3, -0.25) is 0 Å². The molecule has 0 saturated carbocycles. The van der Waals surface area contributed by atoms with Gasteiger partial charge in [0.2, 0.25) is 0 Å². The van der Waals surface area contributed by atoms with Crippen molar-refractivity contribution in [1.82, 2.24) is 14.9 Å². The summed E-state index contributed by atoms with van der Waals surface area (Å²) < 4.78 is 0. The highest BCUT2D eigenvalue weighted by atomic mass is 16.1. The number of aromatic nitrogens is 2. The summed E-state index contributed by atoms with van der Waals surface area (Å²) in [6, 6.07) is 1.93. The monoisotopic (exact) mass is 237 g/mol. The molecule has 94 valence electrons. The first-order valence-electron chi connectivity index (χ1n) is 5.93. The van der Waals surface area contributed by atoms with Gasteiger partial charge in [-0.15, -0.1) is 0 Å². The minimum atomic E-state index is -0.287. The first-order chi connectivity index (χ1) is 8.19. The summed E-state index contributed by atoms with van der Waals surface area (Å²) in [4.78, 5) is 22.6. The molecule has 1 aromatic rings. The molecule has 17 heavy (non-hydrogen) atoms. The summed E-state index contributed by atoms with van der Waals surface area (Å²) in [5.41, 5.74) is 6.07. The SMILES string of the molecule is CN1CCN(c2cc(CCN)[nH]c(=O)n2)CC1. The quantitative estimate of drug-likeness (QED) is 0.706. The highest BCUT2D eigenvalue weighted by Crippen LogP contribution is 2.12. The summed E-state index contributed by atoms with van der Waals surface area (Å²) in [5, 5.41) is 0. The Balaban J connectivity index is 2.17. The minimum Gasteiger partial charge on any atom is -0.354 e. The van der Waals surface area contributed by atoms with Crippen LogP contribution in [0.25, 0.3) is 0 Å². The molecule has 0 aromatic carbocycles. The first-order valence-corrected chi connectivity index (χ1v) is 5.93. The van der Waals surface area contributed by atoms with Crippen molar-refractivity contribution in [1.29, 1.82) is 0 Å². The van der Waals surface area contributed by atoms with Crippen molar-refractivity contribution in [3.05, 3.63) is 22.2 Å². The van der Waals surface area contributed by atoms with Crippen molar-refractivity contribution in [2.24, 2.45) is 5.73 Å². The molecule has 3 N–H and O–H groups in total. The third-order valence-electron chi connectivity index (χ3n) is 3.03. The van der Waals surface area contributed by atoms with E-state index in [4.69, 9.17) is 5.73 Å². The van der Waals surface area contributed by atoms with Gasteiger partial charge in [-0.05, 0) is 13.6 Å². The minimum absolute atomic E-state index is 0.287. The Morgan fingerprint density at radius 3 is 2.76 bits per heavy atom. The van der Waals surface area contributed by atoms with E-state index in [1.54, 1.807) is 0 Å². The third kappa shape index (κ3) is 3.04. The highest BCUT2D eigenvalue weighted by Gasteiger charge is 2.16. The zero-order valence-electron chi connectivity index (χ0n) is 10.1. The van der Waals surface area contributed by atoms with Crippen LogP contribution >= 0.6 is 0 Å². The molecule has 0 aliphatic carbocycles. The van der Waals surface area contributed by atoms with Gasteiger partial charge in [0.05, 0.1) is 0 Å². The summed E-state index contributed by atoms with van der Waals surface area (Å²) in [6.07, 6.45) is 0.679. The van der Waals surface area contributed by atoms with E-state index in [2.05, 4.69) is 26.8 Å². The van der Waals surface area contributed by atoms with E-state index >= 15 is 0 Å². The molecular formula is C11H19N5O. The van der Waals surface area contributed by atoms with E-state index in [1.165, 1.54) is 0 Å². The fourth-order valence-electron chi connectivity index (χ4n) is 1.98. The number of likely N-dealkylation sites (N-methyl/N-ethyl adjacent to an activating group) is 1. The number of nitrogens with one attached hydrogen (secondary N) is 1. The Bertz CT molecular complexity index is 422. The summed E-state index contributed by atoms with van der Waals surface area (Å²) in [5.74, 6) is 0.769. The first kappa shape index (κ1) is 12.1. The van der Waals surface area contributed by atoms with E-state index in [0.717, 1.165) is 37.7 Å². The van der Waals surface area contributed by atoms with Gasteiger partial charge >= 0.3 is 5.69 Å². The molecule has 6 heteroatoms. The lowest BCUT2D eigenvalue weighted by Gasteiger charge is -2.33. The molecule has 0 amide bonds. The van der Waals surface area contributed by atoms with E-state index in [-0.39, 0.29) is 5.69 Å². The molecule has 0 unspecified atom stereocenters. The van der Waals surface area contributed by atoms with Crippen LogP contribution < -0.4 is 16.3 Å². The lowest BCUT2D eigenvalue weighted by Crippen LogP contribution is -2.45. The number of H-pyrrole nitrogens is 1. The molecule has 1 aliphatic rings. The van der Waals surface area contributed by atoms with Gasteiger partial charge in [-0.2, -0.15) is 4.98 Å². The van der Waals surface area contributed by atoms with Crippen LogP contribution in [0, 0.1) is 0 Å². The van der Waals surface area contributed by atoms with Crippen LogP contribution in [0.3, 0.4) is 0 Å². The van der Waals surface area contributed by atoms with Crippen molar-refractivity contribution >= 4 is 5.82 Å². The molecule has 0 spiro atoms. The third-order valence-corrected chi connectivity index (χ3v) is 3.03. The summed E-state index contributed by atoms with van der Waals surface area (Å²) >= 11 is 0. The Kier molecular flexibility index (Phi) is 3.75. The summed E-state index contributed by atoms with van der Waals surface area (Å²) in [6.45, 7) is 4.35. The maximum Gasteiger partial charge on any atom is 0.347 e. The summed E-state index contributed by atoms with van der Waals surface area (Å²) in [7, 11) is 2.10. The van der Waals surface area contributed by atoms with E-state index < -0.39 is 0 Å². The number of rotatable bonds is 3. The fraction of sp³-hybridized carbons (Fsp3) is 0.636. The van der Waals surface area contributed by atoms with Crippen molar-refractivity contribution in [3.63, 3.8) is 0 Å². The van der Waals surface area contributed by atoms with Gasteiger partial charge < -0.3 is 20.5 Å². The van der Waals surface area contributed by atoms with Gasteiger partial charge in [0.15, 0.2) is 0 Å². The van der Waals surface area contributed by atoms with Crippen molar-refractivity contribution in [2.45, 2.75) is 6.42 Å². The Morgan fingerprint density at radius 2 is 2.12 bits per heavy atom. The second kappa shape index (κ2) is 5.29. The Labute approximate surface area is 100 Å². The van der Waals surface area contributed by atoms with Gasteiger partial charge in [0, 0.05) is 44.4 Å². The van der Waals surface area contributed by atoms with E-state index in [0.29, 0.717) is 13.0 Å². The van der Waals surface area contributed by atoms with Crippen LogP contribution in [-0.4, -0.2) is 54.6 Å². The number of hydrogen-bond acceptors (Lipinski definition) is 5. The average Bonchev–Trinajstić information content (AvgIpc) is 2.29. The predicted molar refractivity (Wildman–Crippen MR) is 67.3 cm³/mol. The smallest absolute Gasteiger partial charge is 0.347 e. The molecule has 1 aliphatic heterocycles. The second-order valence-electron chi connectivity index (χ2n) is 4.40. The number of hydrogen-bond donors (Lipinski definition) is 2. The van der Waals surface area contributed by atoms with Crippen molar-refractivity contribution < 1.29 is 0 Å². The van der Waals surface area contributed by atoms with Gasteiger partial charge in [-0.25, -0.2) is 4.79 Å². The largest absolute Gasteiger partial charge is 0.354 e. The number of nitrogens with two attached hydrogens (primary N) is 1. The van der Waals surface area contributed by atoms with Crippen LogP contribution in [0.4, 0.5) is 5.82 Å². The number of anilines is 1. The standard InChI is InChI=1S/C11H19N5O/c1-15-4-6-16(7-5-15)10-8-9(2-3-12)13-11(17)14-10/h8H,2-7,12H2,1H3,(H,13,14,17). The number of nitrogens with zero attached hydrogens (tertiary/aromatic N) is 3. The van der Waals surface area contributed by atoms with Crippen LogP contribution in [0.1, 0.15) is 5.69 Å². The zero-order chi connectivity index (χ0) is 12.3. The van der Waals surface area contributed by atoms with Gasteiger partial charge in [-0.1, -0.05) is 0 Å². The molecule has 2 heterocycles. The normalized spacial score (nSPS) is 17.4.